The van der Waals surface area contributed by atoms with Crippen LogP contribution in [-0.2, 0) is 9.59 Å². The van der Waals surface area contributed by atoms with Crippen LogP contribution < -0.4 is 11.1 Å². The van der Waals surface area contributed by atoms with Crippen molar-refractivity contribution >= 4 is 29.2 Å². The van der Waals surface area contributed by atoms with Gasteiger partial charge in [-0.1, -0.05) is 11.6 Å². The number of carboxylic acids is 1. The lowest BCUT2D eigenvalue weighted by Gasteiger charge is -2.07. The summed E-state index contributed by atoms with van der Waals surface area (Å²) < 4.78 is 0. The molecule has 0 saturated heterocycles. The molecule has 0 saturated carbocycles. The summed E-state index contributed by atoms with van der Waals surface area (Å²) in [7, 11) is 0. The number of halogens is 1. The molecule has 1 aromatic rings. The van der Waals surface area contributed by atoms with Gasteiger partial charge in [0.1, 0.15) is 6.04 Å². The van der Waals surface area contributed by atoms with E-state index in [1.54, 1.807) is 24.3 Å². The zero-order valence-corrected chi connectivity index (χ0v) is 9.07. The van der Waals surface area contributed by atoms with Gasteiger partial charge in [0, 0.05) is 10.7 Å². The summed E-state index contributed by atoms with van der Waals surface area (Å²) in [4.78, 5) is 21.7. The maximum Gasteiger partial charge on any atom is 0.321 e. The van der Waals surface area contributed by atoms with Gasteiger partial charge in [-0.15, -0.1) is 0 Å². The fraction of sp³-hybridized carbons (Fsp3) is 0.200. The van der Waals surface area contributed by atoms with Gasteiger partial charge in [0.15, 0.2) is 0 Å². The third kappa shape index (κ3) is 3.88. The largest absolute Gasteiger partial charge is 0.480 e. The van der Waals surface area contributed by atoms with E-state index in [0.717, 1.165) is 0 Å². The summed E-state index contributed by atoms with van der Waals surface area (Å²) in [5, 5.41) is 11.6. The van der Waals surface area contributed by atoms with Crippen LogP contribution in [0.2, 0.25) is 5.02 Å². The Hall–Kier alpha value is -1.59. The molecule has 0 bridgehead atoms. The third-order valence-electron chi connectivity index (χ3n) is 1.85. The molecule has 6 heteroatoms. The number of carboxylic acid groups (broad SMARTS) is 1. The molecule has 0 aliphatic rings. The number of rotatable bonds is 4. The minimum absolute atomic E-state index is 0.266. The first-order chi connectivity index (χ1) is 7.49. The van der Waals surface area contributed by atoms with Crippen molar-refractivity contribution in [1.82, 2.24) is 0 Å². The first kappa shape index (κ1) is 12.5. The summed E-state index contributed by atoms with van der Waals surface area (Å²) in [5.41, 5.74) is 5.76. The van der Waals surface area contributed by atoms with Crippen LogP contribution in [-0.4, -0.2) is 23.0 Å². The van der Waals surface area contributed by atoms with Crippen LogP contribution in [0.1, 0.15) is 6.42 Å². The topological polar surface area (TPSA) is 92.4 Å². The first-order valence-electron chi connectivity index (χ1n) is 4.53. The van der Waals surface area contributed by atoms with Crippen molar-refractivity contribution in [3.05, 3.63) is 29.3 Å². The van der Waals surface area contributed by atoms with Crippen molar-refractivity contribution in [1.29, 1.82) is 0 Å². The molecule has 0 spiro atoms. The fourth-order valence-electron chi connectivity index (χ4n) is 1.03. The highest BCUT2D eigenvalue weighted by atomic mass is 35.5. The van der Waals surface area contributed by atoms with Crippen LogP contribution in [0.25, 0.3) is 0 Å². The third-order valence-corrected chi connectivity index (χ3v) is 2.10. The highest BCUT2D eigenvalue weighted by molar-refractivity contribution is 6.30. The molecule has 1 aromatic carbocycles. The number of carbonyl (C=O) groups excluding carboxylic acids is 1. The minimum atomic E-state index is -1.20. The van der Waals surface area contributed by atoms with Gasteiger partial charge < -0.3 is 16.2 Å². The molecule has 5 nitrogen and oxygen atoms in total. The molecule has 0 aromatic heterocycles. The predicted octanol–water partition coefficient (Wildman–Crippen LogP) is 1.08. The molecule has 86 valence electrons. The SMILES string of the molecule is N[C@@H](CC(=O)Nc1ccc(Cl)cc1)C(=O)O. The van der Waals surface area contributed by atoms with Gasteiger partial charge in [-0.25, -0.2) is 0 Å². The van der Waals surface area contributed by atoms with E-state index in [1.165, 1.54) is 0 Å². The maximum atomic E-state index is 11.3. The van der Waals surface area contributed by atoms with Gasteiger partial charge in [0.05, 0.1) is 6.42 Å². The number of hydrogen-bond acceptors (Lipinski definition) is 3. The number of benzene rings is 1. The molecule has 16 heavy (non-hydrogen) atoms. The van der Waals surface area contributed by atoms with Crippen LogP contribution in [0.4, 0.5) is 5.69 Å². The second kappa shape index (κ2) is 5.48. The maximum absolute atomic E-state index is 11.3. The Morgan fingerprint density at radius 1 is 1.38 bits per heavy atom. The second-order valence-electron chi connectivity index (χ2n) is 3.20. The molecule has 1 amide bonds. The average molecular weight is 243 g/mol. The number of nitrogens with one attached hydrogen (secondary N) is 1. The molecule has 0 radical (unpaired) electrons. The Labute approximate surface area is 97.2 Å². The van der Waals surface area contributed by atoms with Crippen molar-refractivity contribution in [3.8, 4) is 0 Å². The van der Waals surface area contributed by atoms with Crippen molar-refractivity contribution in [2.24, 2.45) is 5.73 Å². The second-order valence-corrected chi connectivity index (χ2v) is 3.64. The summed E-state index contributed by atoms with van der Waals surface area (Å²) in [6.45, 7) is 0. The number of nitrogens with two attached hydrogens (primary N) is 1. The van der Waals surface area contributed by atoms with E-state index in [0.29, 0.717) is 10.7 Å². The summed E-state index contributed by atoms with van der Waals surface area (Å²) in [6.07, 6.45) is -0.266. The highest BCUT2D eigenvalue weighted by Gasteiger charge is 2.15. The Morgan fingerprint density at radius 3 is 2.44 bits per heavy atom. The van der Waals surface area contributed by atoms with E-state index >= 15 is 0 Å². The van der Waals surface area contributed by atoms with E-state index < -0.39 is 17.9 Å². The number of carbonyl (C=O) groups is 2. The number of hydrogen-bond donors (Lipinski definition) is 3. The monoisotopic (exact) mass is 242 g/mol. The van der Waals surface area contributed by atoms with Crippen LogP contribution in [0.15, 0.2) is 24.3 Å². The van der Waals surface area contributed by atoms with Gasteiger partial charge >= 0.3 is 5.97 Å². The smallest absolute Gasteiger partial charge is 0.321 e. The quantitative estimate of drug-likeness (QED) is 0.737. The van der Waals surface area contributed by atoms with Crippen LogP contribution in [0, 0.1) is 0 Å². The van der Waals surface area contributed by atoms with E-state index in [2.05, 4.69) is 5.32 Å². The normalized spacial score (nSPS) is 11.9. The molecule has 0 fully saturated rings. The summed E-state index contributed by atoms with van der Waals surface area (Å²) in [6, 6.07) is 5.29. The lowest BCUT2D eigenvalue weighted by atomic mass is 10.2. The summed E-state index contributed by atoms with van der Waals surface area (Å²) >= 11 is 5.66. The van der Waals surface area contributed by atoms with Crippen LogP contribution >= 0.6 is 11.6 Å². The van der Waals surface area contributed by atoms with Crippen molar-refractivity contribution in [3.63, 3.8) is 0 Å². The Bertz CT molecular complexity index is 392. The van der Waals surface area contributed by atoms with E-state index in [-0.39, 0.29) is 6.42 Å². The lowest BCUT2D eigenvalue weighted by Crippen LogP contribution is -2.34. The molecular weight excluding hydrogens is 232 g/mol. The van der Waals surface area contributed by atoms with Crippen molar-refractivity contribution in [2.45, 2.75) is 12.5 Å². The number of amides is 1. The molecular formula is C10H11ClN2O3. The molecule has 1 atom stereocenters. The standard InChI is InChI=1S/C10H11ClN2O3/c11-6-1-3-7(4-2-6)13-9(14)5-8(12)10(15)16/h1-4,8H,5,12H2,(H,13,14)(H,15,16)/t8-/m0/s1. The molecule has 0 unspecified atom stereocenters. The molecule has 0 heterocycles. The molecule has 4 N–H and O–H groups in total. The Kier molecular flexibility index (Phi) is 4.28. The Morgan fingerprint density at radius 2 is 1.94 bits per heavy atom. The lowest BCUT2D eigenvalue weighted by molar-refractivity contribution is -0.140. The summed E-state index contributed by atoms with van der Waals surface area (Å²) in [5.74, 6) is -1.65. The Balaban J connectivity index is 2.52. The van der Waals surface area contributed by atoms with E-state index in [1.807, 2.05) is 0 Å². The fourth-order valence-corrected chi connectivity index (χ4v) is 1.16. The van der Waals surface area contributed by atoms with Crippen molar-refractivity contribution in [2.75, 3.05) is 5.32 Å². The van der Waals surface area contributed by atoms with Gasteiger partial charge in [0.2, 0.25) is 5.91 Å². The van der Waals surface area contributed by atoms with Crippen molar-refractivity contribution < 1.29 is 14.7 Å². The molecule has 0 aliphatic carbocycles. The highest BCUT2D eigenvalue weighted by Crippen LogP contribution is 2.13. The number of anilines is 1. The zero-order valence-electron chi connectivity index (χ0n) is 8.31. The van der Waals surface area contributed by atoms with Gasteiger partial charge in [0.25, 0.3) is 0 Å². The minimum Gasteiger partial charge on any atom is -0.480 e. The van der Waals surface area contributed by atoms with Crippen LogP contribution in [0.5, 0.6) is 0 Å². The predicted molar refractivity (Wildman–Crippen MR) is 60.3 cm³/mol. The molecule has 1 rings (SSSR count). The van der Waals surface area contributed by atoms with Crippen LogP contribution in [0.3, 0.4) is 0 Å². The molecule has 0 aliphatic heterocycles. The van der Waals surface area contributed by atoms with Gasteiger partial charge in [-0.05, 0) is 24.3 Å². The first-order valence-corrected chi connectivity index (χ1v) is 4.90. The van der Waals surface area contributed by atoms with E-state index in [9.17, 15) is 9.59 Å². The average Bonchev–Trinajstić information content (AvgIpc) is 2.21. The van der Waals surface area contributed by atoms with Gasteiger partial charge in [-0.2, -0.15) is 0 Å². The van der Waals surface area contributed by atoms with E-state index in [4.69, 9.17) is 22.4 Å². The van der Waals surface area contributed by atoms with Gasteiger partial charge in [-0.3, -0.25) is 9.59 Å². The zero-order chi connectivity index (χ0) is 12.1. The number of aliphatic carboxylic acids is 1.